The molecule has 1 amide bonds. The Balaban J connectivity index is 1.60. The van der Waals surface area contributed by atoms with E-state index < -0.39 is 0 Å². The maximum atomic E-state index is 12.8. The van der Waals surface area contributed by atoms with E-state index in [1.807, 2.05) is 0 Å². The molecule has 0 N–H and O–H groups in total. The Morgan fingerprint density at radius 1 is 1.15 bits per heavy atom. The molecule has 27 heavy (non-hydrogen) atoms. The van der Waals surface area contributed by atoms with Crippen molar-refractivity contribution in [3.63, 3.8) is 0 Å². The number of carbonyl (C=O) groups is 1. The second-order valence-electron chi connectivity index (χ2n) is 6.20. The number of halogens is 1. The van der Waals surface area contributed by atoms with E-state index in [-0.39, 0.29) is 18.1 Å². The molecule has 8 heteroatoms. The van der Waals surface area contributed by atoms with E-state index in [1.165, 1.54) is 4.68 Å². The number of benzene rings is 2. The van der Waals surface area contributed by atoms with Gasteiger partial charge in [0.2, 0.25) is 0 Å². The van der Waals surface area contributed by atoms with Crippen molar-refractivity contribution < 1.29 is 9.53 Å². The standard InChI is InChI=1S/C19H17ClN4O3/c1-27-16-7-5-13(6-8-16)18(25)22-9-10-23-17(12-22)21-24(19(23)26)15-4-2-3-14(20)11-15/h2-8,11H,9-10,12H2,1H3. The fourth-order valence-electron chi connectivity index (χ4n) is 3.11. The number of hydrogen-bond acceptors (Lipinski definition) is 4. The van der Waals surface area contributed by atoms with Gasteiger partial charge in [0.05, 0.1) is 19.3 Å². The van der Waals surface area contributed by atoms with E-state index >= 15 is 0 Å². The highest BCUT2D eigenvalue weighted by Gasteiger charge is 2.26. The van der Waals surface area contributed by atoms with Crippen LogP contribution in [0.3, 0.4) is 0 Å². The average Bonchev–Trinajstić information content (AvgIpc) is 3.03. The van der Waals surface area contributed by atoms with Crippen LogP contribution < -0.4 is 10.4 Å². The Morgan fingerprint density at radius 2 is 1.93 bits per heavy atom. The van der Waals surface area contributed by atoms with Gasteiger partial charge in [0, 0.05) is 23.7 Å². The molecule has 138 valence electrons. The van der Waals surface area contributed by atoms with Gasteiger partial charge in [-0.2, -0.15) is 4.68 Å². The van der Waals surface area contributed by atoms with Crippen LogP contribution in [0.1, 0.15) is 16.2 Å². The lowest BCUT2D eigenvalue weighted by molar-refractivity contribution is 0.0706. The van der Waals surface area contributed by atoms with Crippen LogP contribution in [0.4, 0.5) is 0 Å². The smallest absolute Gasteiger partial charge is 0.350 e. The van der Waals surface area contributed by atoms with Crippen LogP contribution in [0.25, 0.3) is 5.69 Å². The van der Waals surface area contributed by atoms with Crippen LogP contribution in [-0.4, -0.2) is 38.8 Å². The third-order valence-electron chi connectivity index (χ3n) is 4.54. The first-order valence-corrected chi connectivity index (χ1v) is 8.82. The summed E-state index contributed by atoms with van der Waals surface area (Å²) in [6.45, 7) is 1.11. The lowest BCUT2D eigenvalue weighted by Crippen LogP contribution is -2.40. The summed E-state index contributed by atoms with van der Waals surface area (Å²) in [5.41, 5.74) is 0.937. The molecule has 0 saturated heterocycles. The molecule has 0 saturated carbocycles. The lowest BCUT2D eigenvalue weighted by Gasteiger charge is -2.26. The first-order valence-electron chi connectivity index (χ1n) is 8.45. The molecular formula is C19H17ClN4O3. The topological polar surface area (TPSA) is 69.4 Å². The normalized spacial score (nSPS) is 13.3. The molecule has 0 unspecified atom stereocenters. The third kappa shape index (κ3) is 3.21. The van der Waals surface area contributed by atoms with Gasteiger partial charge >= 0.3 is 5.69 Å². The molecule has 0 bridgehead atoms. The van der Waals surface area contributed by atoms with Crippen molar-refractivity contribution in [1.29, 1.82) is 0 Å². The second-order valence-corrected chi connectivity index (χ2v) is 6.63. The van der Waals surface area contributed by atoms with E-state index in [0.29, 0.717) is 40.9 Å². The number of fused-ring (bicyclic) bond motifs is 1. The van der Waals surface area contributed by atoms with Crippen molar-refractivity contribution in [2.24, 2.45) is 0 Å². The van der Waals surface area contributed by atoms with Crippen LogP contribution in [0, 0.1) is 0 Å². The number of nitrogens with zero attached hydrogens (tertiary/aromatic N) is 4. The van der Waals surface area contributed by atoms with Crippen LogP contribution in [0.5, 0.6) is 5.75 Å². The molecule has 3 aromatic rings. The fraction of sp³-hybridized carbons (Fsp3) is 0.211. The Kier molecular flexibility index (Phi) is 4.45. The van der Waals surface area contributed by atoms with Crippen molar-refractivity contribution in [3.05, 3.63) is 75.4 Å². The number of aromatic nitrogens is 3. The molecule has 0 spiro atoms. The monoisotopic (exact) mass is 384 g/mol. The van der Waals surface area contributed by atoms with Crippen LogP contribution in [-0.2, 0) is 13.1 Å². The average molecular weight is 385 g/mol. The van der Waals surface area contributed by atoms with Gasteiger partial charge in [-0.3, -0.25) is 9.36 Å². The van der Waals surface area contributed by atoms with E-state index in [4.69, 9.17) is 16.3 Å². The Morgan fingerprint density at radius 3 is 2.63 bits per heavy atom. The number of rotatable bonds is 3. The molecule has 0 radical (unpaired) electrons. The molecular weight excluding hydrogens is 368 g/mol. The number of ether oxygens (including phenoxy) is 1. The second kappa shape index (κ2) is 6.92. The first kappa shape index (κ1) is 17.4. The van der Waals surface area contributed by atoms with Gasteiger partial charge in [-0.05, 0) is 42.5 Å². The molecule has 0 aliphatic carbocycles. The zero-order valence-corrected chi connectivity index (χ0v) is 15.4. The molecule has 2 aromatic carbocycles. The molecule has 0 atom stereocenters. The largest absolute Gasteiger partial charge is 0.497 e. The summed E-state index contributed by atoms with van der Waals surface area (Å²) < 4.78 is 8.04. The number of methoxy groups -OCH3 is 1. The fourth-order valence-corrected chi connectivity index (χ4v) is 3.30. The molecule has 1 aliphatic rings. The SMILES string of the molecule is COc1ccc(C(=O)N2CCn3c(nn(-c4cccc(Cl)c4)c3=O)C2)cc1. The number of amides is 1. The van der Waals surface area contributed by atoms with Crippen LogP contribution in [0.2, 0.25) is 5.02 Å². The summed E-state index contributed by atoms with van der Waals surface area (Å²) in [6, 6.07) is 13.9. The van der Waals surface area contributed by atoms with Gasteiger partial charge in [0.1, 0.15) is 5.75 Å². The van der Waals surface area contributed by atoms with Crippen molar-refractivity contribution >= 4 is 17.5 Å². The summed E-state index contributed by atoms with van der Waals surface area (Å²) in [6.07, 6.45) is 0. The Bertz CT molecular complexity index is 1060. The van der Waals surface area contributed by atoms with E-state index in [2.05, 4.69) is 5.10 Å². The maximum Gasteiger partial charge on any atom is 0.350 e. The highest BCUT2D eigenvalue weighted by molar-refractivity contribution is 6.30. The quantitative estimate of drug-likeness (QED) is 0.695. The van der Waals surface area contributed by atoms with Crippen molar-refractivity contribution in [1.82, 2.24) is 19.2 Å². The van der Waals surface area contributed by atoms with Gasteiger partial charge < -0.3 is 9.64 Å². The lowest BCUT2D eigenvalue weighted by atomic mass is 10.2. The molecule has 1 aromatic heterocycles. The van der Waals surface area contributed by atoms with Crippen LogP contribution in [0.15, 0.2) is 53.3 Å². The third-order valence-corrected chi connectivity index (χ3v) is 4.78. The summed E-state index contributed by atoms with van der Waals surface area (Å²) >= 11 is 6.02. The van der Waals surface area contributed by atoms with Gasteiger partial charge in [-0.25, -0.2) is 4.79 Å². The Labute approximate surface area is 160 Å². The van der Waals surface area contributed by atoms with Gasteiger partial charge in [0.15, 0.2) is 5.82 Å². The molecule has 4 rings (SSSR count). The summed E-state index contributed by atoms with van der Waals surface area (Å²) in [5, 5.41) is 4.94. The Hall–Kier alpha value is -3.06. The van der Waals surface area contributed by atoms with Crippen LogP contribution >= 0.6 is 11.6 Å². The molecule has 2 heterocycles. The predicted molar refractivity (Wildman–Crippen MR) is 101 cm³/mol. The summed E-state index contributed by atoms with van der Waals surface area (Å²) in [4.78, 5) is 27.1. The minimum Gasteiger partial charge on any atom is -0.497 e. The van der Waals surface area contributed by atoms with Crippen molar-refractivity contribution in [2.75, 3.05) is 13.7 Å². The summed E-state index contributed by atoms with van der Waals surface area (Å²) in [5.74, 6) is 1.14. The first-order chi connectivity index (χ1) is 13.1. The minimum absolute atomic E-state index is 0.103. The van der Waals surface area contributed by atoms with E-state index in [1.54, 1.807) is 65.1 Å². The molecule has 7 nitrogen and oxygen atoms in total. The maximum absolute atomic E-state index is 12.8. The van der Waals surface area contributed by atoms with E-state index in [0.717, 1.165) is 0 Å². The van der Waals surface area contributed by atoms with E-state index in [9.17, 15) is 9.59 Å². The summed E-state index contributed by atoms with van der Waals surface area (Å²) in [7, 11) is 1.58. The highest BCUT2D eigenvalue weighted by atomic mass is 35.5. The zero-order chi connectivity index (χ0) is 19.0. The highest BCUT2D eigenvalue weighted by Crippen LogP contribution is 2.18. The number of hydrogen-bond donors (Lipinski definition) is 0. The number of carbonyl (C=O) groups excluding carboxylic acids is 1. The van der Waals surface area contributed by atoms with Crippen molar-refractivity contribution in [3.8, 4) is 11.4 Å². The van der Waals surface area contributed by atoms with Gasteiger partial charge in [-0.1, -0.05) is 17.7 Å². The van der Waals surface area contributed by atoms with Gasteiger partial charge in [0.25, 0.3) is 5.91 Å². The molecule has 1 aliphatic heterocycles. The minimum atomic E-state index is -0.233. The zero-order valence-electron chi connectivity index (χ0n) is 14.6. The van der Waals surface area contributed by atoms with Gasteiger partial charge in [-0.15, -0.1) is 5.10 Å². The van der Waals surface area contributed by atoms with Crippen molar-refractivity contribution in [2.45, 2.75) is 13.1 Å². The predicted octanol–water partition coefficient (Wildman–Crippen LogP) is 2.35. The molecule has 0 fully saturated rings.